The zero-order valence-corrected chi connectivity index (χ0v) is 23.8. The van der Waals surface area contributed by atoms with Crippen molar-refractivity contribution in [3.05, 3.63) is 112 Å². The highest BCUT2D eigenvalue weighted by molar-refractivity contribution is 6.07. The number of hydrogen-bond acceptors (Lipinski definition) is 8. The number of carbonyl (C=O) groups excluding carboxylic acids is 2. The van der Waals surface area contributed by atoms with Gasteiger partial charge >= 0.3 is 5.97 Å². The molecular weight excluding hydrogens is 548 g/mol. The normalized spacial score (nSPS) is 18.4. The van der Waals surface area contributed by atoms with Crippen molar-refractivity contribution >= 4 is 17.6 Å². The second kappa shape index (κ2) is 11.0. The van der Waals surface area contributed by atoms with Crippen LogP contribution < -0.4 is 24.3 Å². The number of fused-ring (bicyclic) bond motifs is 3. The van der Waals surface area contributed by atoms with Crippen LogP contribution in [0.25, 0.3) is 0 Å². The summed E-state index contributed by atoms with van der Waals surface area (Å²) in [5.41, 5.74) is 5.04. The molecule has 0 fully saturated rings. The number of likely N-dealkylation sites (N-methyl/N-ethyl adjacent to an activating group) is 1. The molecule has 7 rings (SSSR count). The number of rotatable bonds is 7. The number of para-hydroxylation sites is 1. The zero-order valence-electron chi connectivity index (χ0n) is 23.8. The lowest BCUT2D eigenvalue weighted by molar-refractivity contribution is 0.00881. The molecule has 0 aromatic heterocycles. The molecule has 0 bridgehead atoms. The van der Waals surface area contributed by atoms with E-state index in [1.54, 1.807) is 37.4 Å². The molecule has 3 aliphatic heterocycles. The van der Waals surface area contributed by atoms with Gasteiger partial charge in [-0.1, -0.05) is 48.5 Å². The highest BCUT2D eigenvalue weighted by atomic mass is 16.7. The summed E-state index contributed by atoms with van der Waals surface area (Å²) >= 11 is 0. The van der Waals surface area contributed by atoms with E-state index >= 15 is 0 Å². The van der Waals surface area contributed by atoms with Crippen LogP contribution in [0.15, 0.2) is 78.9 Å². The molecule has 3 heterocycles. The monoisotopic (exact) mass is 578 g/mol. The predicted molar refractivity (Wildman–Crippen MR) is 158 cm³/mol. The van der Waals surface area contributed by atoms with E-state index in [1.165, 1.54) is 0 Å². The number of nitrogens with one attached hydrogen (secondary N) is 1. The Kier molecular flexibility index (Phi) is 6.87. The molecule has 43 heavy (non-hydrogen) atoms. The Morgan fingerprint density at radius 1 is 1.02 bits per heavy atom. The fourth-order valence-corrected chi connectivity index (χ4v) is 6.10. The Hall–Kier alpha value is -5.02. The van der Waals surface area contributed by atoms with E-state index in [0.717, 1.165) is 35.2 Å². The SMILES string of the molecule is COc1c2c(cc3c1C(C1OC(=O)c4cc(NC(=O)c5ccccc5OCc5ccccc5)ccc41)N(C)CC3)OCO2. The van der Waals surface area contributed by atoms with Crippen LogP contribution in [0.2, 0.25) is 0 Å². The minimum absolute atomic E-state index is 0.133. The molecule has 0 aliphatic carbocycles. The third-order valence-electron chi connectivity index (χ3n) is 8.18. The Morgan fingerprint density at radius 2 is 1.84 bits per heavy atom. The average molecular weight is 579 g/mol. The highest BCUT2D eigenvalue weighted by Crippen LogP contribution is 2.54. The Labute approximate surface area is 248 Å². The second-order valence-electron chi connectivity index (χ2n) is 10.7. The van der Waals surface area contributed by atoms with Crippen LogP contribution in [0.1, 0.15) is 55.1 Å². The van der Waals surface area contributed by atoms with Gasteiger partial charge in [-0.2, -0.15) is 0 Å². The van der Waals surface area contributed by atoms with E-state index in [1.807, 2.05) is 55.6 Å². The van der Waals surface area contributed by atoms with Crippen LogP contribution in [-0.2, 0) is 17.8 Å². The number of nitrogens with zero attached hydrogens (tertiary/aromatic N) is 1. The molecule has 3 aliphatic rings. The quantitative estimate of drug-likeness (QED) is 0.279. The topological polar surface area (TPSA) is 95.6 Å². The number of cyclic esters (lactones) is 1. The summed E-state index contributed by atoms with van der Waals surface area (Å²) in [4.78, 5) is 28.7. The molecule has 0 saturated heterocycles. The van der Waals surface area contributed by atoms with Gasteiger partial charge in [0, 0.05) is 23.4 Å². The summed E-state index contributed by atoms with van der Waals surface area (Å²) in [6.45, 7) is 1.24. The Balaban J connectivity index is 1.15. The number of ether oxygens (including phenoxy) is 5. The van der Waals surface area contributed by atoms with E-state index in [2.05, 4.69) is 10.2 Å². The molecule has 4 aromatic carbocycles. The maximum absolute atomic E-state index is 13.3. The number of benzene rings is 4. The third-order valence-corrected chi connectivity index (χ3v) is 8.18. The number of hydrogen-bond donors (Lipinski definition) is 1. The molecule has 0 saturated carbocycles. The van der Waals surface area contributed by atoms with Crippen molar-refractivity contribution < 1.29 is 33.3 Å². The van der Waals surface area contributed by atoms with Crippen molar-refractivity contribution in [2.24, 2.45) is 0 Å². The molecule has 9 nitrogen and oxygen atoms in total. The lowest BCUT2D eigenvalue weighted by Crippen LogP contribution is -2.36. The first-order valence-corrected chi connectivity index (χ1v) is 14.1. The van der Waals surface area contributed by atoms with Crippen molar-refractivity contribution in [2.75, 3.05) is 32.8 Å². The lowest BCUT2D eigenvalue weighted by Gasteiger charge is -2.38. The molecule has 1 amide bonds. The molecular formula is C34H30N2O7. The van der Waals surface area contributed by atoms with Gasteiger partial charge < -0.3 is 29.0 Å². The van der Waals surface area contributed by atoms with Crippen LogP contribution in [0.4, 0.5) is 5.69 Å². The minimum Gasteiger partial charge on any atom is -0.492 e. The van der Waals surface area contributed by atoms with Crippen molar-refractivity contribution in [3.8, 4) is 23.0 Å². The lowest BCUT2D eigenvalue weighted by atomic mass is 9.85. The Morgan fingerprint density at radius 3 is 2.67 bits per heavy atom. The van der Waals surface area contributed by atoms with E-state index < -0.39 is 12.1 Å². The first-order valence-electron chi connectivity index (χ1n) is 14.1. The molecule has 2 atom stereocenters. The van der Waals surface area contributed by atoms with Crippen molar-refractivity contribution in [1.82, 2.24) is 4.90 Å². The van der Waals surface area contributed by atoms with Crippen LogP contribution in [0, 0.1) is 0 Å². The summed E-state index contributed by atoms with van der Waals surface area (Å²) in [6, 6.07) is 23.9. The first-order chi connectivity index (χ1) is 21.0. The number of methoxy groups -OCH3 is 1. The van der Waals surface area contributed by atoms with Gasteiger partial charge in [-0.25, -0.2) is 4.79 Å². The highest BCUT2D eigenvalue weighted by Gasteiger charge is 2.44. The van der Waals surface area contributed by atoms with E-state index in [4.69, 9.17) is 23.7 Å². The van der Waals surface area contributed by atoms with Gasteiger partial charge in [-0.3, -0.25) is 9.69 Å². The smallest absolute Gasteiger partial charge is 0.339 e. The zero-order chi connectivity index (χ0) is 29.5. The molecule has 9 heteroatoms. The molecule has 0 radical (unpaired) electrons. The largest absolute Gasteiger partial charge is 0.492 e. The van der Waals surface area contributed by atoms with Gasteiger partial charge in [-0.15, -0.1) is 0 Å². The number of anilines is 1. The van der Waals surface area contributed by atoms with E-state index in [9.17, 15) is 9.59 Å². The molecule has 4 aromatic rings. The maximum atomic E-state index is 13.3. The van der Waals surface area contributed by atoms with Crippen molar-refractivity contribution in [3.63, 3.8) is 0 Å². The molecule has 2 unspecified atom stereocenters. The van der Waals surface area contributed by atoms with Crippen LogP contribution in [0.5, 0.6) is 23.0 Å². The maximum Gasteiger partial charge on any atom is 0.339 e. The van der Waals surface area contributed by atoms with Crippen LogP contribution in [-0.4, -0.2) is 44.3 Å². The summed E-state index contributed by atoms with van der Waals surface area (Å²) in [5.74, 6) is 1.52. The van der Waals surface area contributed by atoms with Crippen molar-refractivity contribution in [2.45, 2.75) is 25.2 Å². The molecule has 0 spiro atoms. The van der Waals surface area contributed by atoms with Gasteiger partial charge in [0.1, 0.15) is 18.5 Å². The van der Waals surface area contributed by atoms with Crippen LogP contribution >= 0.6 is 0 Å². The number of amides is 1. The Bertz CT molecular complexity index is 1720. The third kappa shape index (κ3) is 4.81. The second-order valence-corrected chi connectivity index (χ2v) is 10.7. The summed E-state index contributed by atoms with van der Waals surface area (Å²) in [7, 11) is 3.62. The fourth-order valence-electron chi connectivity index (χ4n) is 6.10. The van der Waals surface area contributed by atoms with Crippen LogP contribution in [0.3, 0.4) is 0 Å². The fraction of sp³-hybridized carbons (Fsp3) is 0.235. The van der Waals surface area contributed by atoms with Gasteiger partial charge in [0.2, 0.25) is 12.5 Å². The van der Waals surface area contributed by atoms with Gasteiger partial charge in [0.05, 0.1) is 24.3 Å². The predicted octanol–water partition coefficient (Wildman–Crippen LogP) is 5.70. The molecule has 218 valence electrons. The summed E-state index contributed by atoms with van der Waals surface area (Å²) in [5, 5.41) is 2.92. The van der Waals surface area contributed by atoms with Gasteiger partial charge in [0.25, 0.3) is 5.91 Å². The average Bonchev–Trinajstić information content (AvgIpc) is 3.63. The summed E-state index contributed by atoms with van der Waals surface area (Å²) < 4.78 is 29.2. The summed E-state index contributed by atoms with van der Waals surface area (Å²) in [6.07, 6.45) is 0.224. The first kappa shape index (κ1) is 26.9. The number of esters is 1. The van der Waals surface area contributed by atoms with Gasteiger partial charge in [-0.05, 0) is 54.9 Å². The van der Waals surface area contributed by atoms with E-state index in [0.29, 0.717) is 46.4 Å². The minimum atomic E-state index is -0.572. The van der Waals surface area contributed by atoms with E-state index in [-0.39, 0.29) is 18.7 Å². The number of carbonyl (C=O) groups is 2. The van der Waals surface area contributed by atoms with Crippen molar-refractivity contribution in [1.29, 1.82) is 0 Å². The molecule has 1 N–H and O–H groups in total. The van der Waals surface area contributed by atoms with Gasteiger partial charge in [0.15, 0.2) is 11.5 Å². The standard InChI is InChI=1S/C34H30N2O7/c1-36-15-14-21-16-27-31(42-19-41-27)32(39-2)28(21)29(36)30-23-13-12-22(17-25(23)34(38)43-30)35-33(37)24-10-6-7-11-26(24)40-18-20-8-4-3-5-9-20/h3-13,16-17,29-30H,14-15,18-19H2,1-2H3,(H,35,37).